The molecule has 0 N–H and O–H groups in total. The van der Waals surface area contributed by atoms with E-state index in [1.165, 1.54) is 11.6 Å². The number of nitrogens with zero attached hydrogens (tertiary/aromatic N) is 3. The van der Waals surface area contributed by atoms with Crippen molar-refractivity contribution in [2.24, 2.45) is 16.7 Å². The van der Waals surface area contributed by atoms with Gasteiger partial charge in [-0.15, -0.1) is 0 Å². The Balaban J connectivity index is 1.16. The minimum atomic E-state index is -4.46. The van der Waals surface area contributed by atoms with E-state index in [1.54, 1.807) is 11.0 Å². The summed E-state index contributed by atoms with van der Waals surface area (Å²) in [6.45, 7) is 3.54. The Bertz CT molecular complexity index is 1480. The van der Waals surface area contributed by atoms with Crippen molar-refractivity contribution < 1.29 is 22.7 Å². The highest BCUT2D eigenvalue weighted by Gasteiger charge is 2.66. The van der Waals surface area contributed by atoms with E-state index in [0.717, 1.165) is 56.0 Å². The maximum absolute atomic E-state index is 14.3. The van der Waals surface area contributed by atoms with Gasteiger partial charge in [0.05, 0.1) is 29.2 Å². The van der Waals surface area contributed by atoms with E-state index in [9.17, 15) is 23.2 Å². The number of ether oxygens (including phenoxy) is 1. The molecule has 2 fully saturated rings. The number of carbonyl (C=O) groups excluding carboxylic acids is 1. The molecule has 0 radical (unpaired) electrons. The number of allylic oxidation sites excluding steroid dienone is 2. The number of pyridine rings is 1. The standard InChI is InChI=1S/C31H30F3N3O2/c1-28-6-2-7-30(28,27(38)37-9-5-25-20(18-37)12-22(17-36-25)31(32,33)34)14-21(13-28)24-15-29(24)8-10-39-26-4-3-19(16-35)11-23(26)29/h3-4,11-12,15,17,21H,2,5-10,13-14,18H2,1H3/t21-,28-,29?,30+/m1/s1. The molecule has 3 aliphatic carbocycles. The molecule has 5 nitrogen and oxygen atoms in total. The number of alkyl halides is 3. The second kappa shape index (κ2) is 8.09. The quantitative estimate of drug-likeness (QED) is 0.438. The maximum Gasteiger partial charge on any atom is 0.417 e. The van der Waals surface area contributed by atoms with Gasteiger partial charge in [-0.25, -0.2) is 0 Å². The van der Waals surface area contributed by atoms with Crippen molar-refractivity contribution in [3.63, 3.8) is 0 Å². The number of rotatable bonds is 2. The average Bonchev–Trinajstić information content (AvgIpc) is 3.42. The van der Waals surface area contributed by atoms with Gasteiger partial charge in [-0.05, 0) is 73.3 Å². The summed E-state index contributed by atoms with van der Waals surface area (Å²) in [6.07, 6.45) is 4.60. The summed E-state index contributed by atoms with van der Waals surface area (Å²) < 4.78 is 46.0. The highest BCUT2D eigenvalue weighted by atomic mass is 19.4. The third-order valence-electron chi connectivity index (χ3n) is 10.5. The van der Waals surface area contributed by atoms with Crippen molar-refractivity contribution in [3.8, 4) is 11.8 Å². The zero-order valence-corrected chi connectivity index (χ0v) is 21.9. The normalized spacial score (nSPS) is 32.5. The third kappa shape index (κ3) is 3.51. The lowest BCUT2D eigenvalue weighted by Crippen LogP contribution is -2.49. The predicted molar refractivity (Wildman–Crippen MR) is 137 cm³/mol. The van der Waals surface area contributed by atoms with Gasteiger partial charge >= 0.3 is 6.18 Å². The van der Waals surface area contributed by atoms with Crippen LogP contribution in [0.2, 0.25) is 0 Å². The molecular formula is C31H30F3N3O2. The Morgan fingerprint density at radius 2 is 2.05 bits per heavy atom. The van der Waals surface area contributed by atoms with Crippen LogP contribution in [-0.2, 0) is 29.4 Å². The summed E-state index contributed by atoms with van der Waals surface area (Å²) in [7, 11) is 0. The van der Waals surface area contributed by atoms with E-state index in [0.29, 0.717) is 36.4 Å². The van der Waals surface area contributed by atoms with Crippen molar-refractivity contribution in [1.82, 2.24) is 9.88 Å². The molecule has 0 bridgehead atoms. The van der Waals surface area contributed by atoms with E-state index < -0.39 is 17.2 Å². The minimum absolute atomic E-state index is 0.0995. The molecule has 4 atom stereocenters. The minimum Gasteiger partial charge on any atom is -0.493 e. The first-order valence-corrected chi connectivity index (χ1v) is 13.8. The molecule has 202 valence electrons. The number of halogens is 3. The molecule has 1 aromatic heterocycles. The Hall–Kier alpha value is -3.34. The number of nitriles is 1. The summed E-state index contributed by atoms with van der Waals surface area (Å²) in [5.74, 6) is 1.20. The molecule has 2 saturated carbocycles. The number of hydrogen-bond donors (Lipinski definition) is 0. The molecule has 1 aromatic carbocycles. The summed E-state index contributed by atoms with van der Waals surface area (Å²) in [5.41, 5.74) is 2.61. The number of aromatic nitrogens is 1. The van der Waals surface area contributed by atoms with Crippen LogP contribution >= 0.6 is 0 Å². The first-order valence-electron chi connectivity index (χ1n) is 13.8. The van der Waals surface area contributed by atoms with Crippen molar-refractivity contribution >= 4 is 5.91 Å². The van der Waals surface area contributed by atoms with E-state index in [-0.39, 0.29) is 29.2 Å². The highest BCUT2D eigenvalue weighted by molar-refractivity contribution is 5.85. The summed E-state index contributed by atoms with van der Waals surface area (Å²) in [6, 6.07) is 9.04. The van der Waals surface area contributed by atoms with Gasteiger partial charge in [0.1, 0.15) is 5.75 Å². The summed E-state index contributed by atoms with van der Waals surface area (Å²) >= 11 is 0. The van der Waals surface area contributed by atoms with E-state index in [4.69, 9.17) is 4.74 Å². The number of amides is 1. The lowest BCUT2D eigenvalue weighted by Gasteiger charge is -2.41. The van der Waals surface area contributed by atoms with Crippen LogP contribution in [0.15, 0.2) is 42.1 Å². The molecule has 8 heteroatoms. The topological polar surface area (TPSA) is 66.2 Å². The van der Waals surface area contributed by atoms with Crippen molar-refractivity contribution in [2.45, 2.75) is 70.0 Å². The maximum atomic E-state index is 14.3. The van der Waals surface area contributed by atoms with Crippen molar-refractivity contribution in [1.29, 1.82) is 5.26 Å². The third-order valence-corrected chi connectivity index (χ3v) is 10.5. The fraction of sp³-hybridized carbons (Fsp3) is 0.516. The molecule has 2 aliphatic heterocycles. The van der Waals surface area contributed by atoms with Gasteiger partial charge in [-0.1, -0.05) is 25.0 Å². The van der Waals surface area contributed by atoms with Crippen LogP contribution in [0, 0.1) is 28.1 Å². The lowest BCUT2D eigenvalue weighted by molar-refractivity contribution is -0.147. The summed E-state index contributed by atoms with van der Waals surface area (Å²) in [5, 5.41) is 9.48. The van der Waals surface area contributed by atoms with Gasteiger partial charge in [0.2, 0.25) is 5.91 Å². The van der Waals surface area contributed by atoms with Crippen LogP contribution in [-0.4, -0.2) is 28.9 Å². The zero-order chi connectivity index (χ0) is 27.2. The van der Waals surface area contributed by atoms with Crippen molar-refractivity contribution in [2.75, 3.05) is 13.2 Å². The first-order chi connectivity index (χ1) is 18.6. The van der Waals surface area contributed by atoms with Crippen LogP contribution in [0.3, 0.4) is 0 Å². The Labute approximate surface area is 225 Å². The number of hydrogen-bond acceptors (Lipinski definition) is 4. The van der Waals surface area contributed by atoms with Gasteiger partial charge in [0, 0.05) is 42.4 Å². The van der Waals surface area contributed by atoms with Crippen LogP contribution in [0.5, 0.6) is 5.75 Å². The molecule has 5 aliphatic rings. The van der Waals surface area contributed by atoms with E-state index >= 15 is 0 Å². The molecule has 39 heavy (non-hydrogen) atoms. The molecule has 2 aromatic rings. The van der Waals surface area contributed by atoms with Crippen LogP contribution in [0.4, 0.5) is 13.2 Å². The Kier molecular flexibility index (Phi) is 5.12. The number of fused-ring (bicyclic) bond motifs is 4. The molecule has 0 saturated heterocycles. The highest BCUT2D eigenvalue weighted by Crippen LogP contribution is 2.70. The zero-order valence-electron chi connectivity index (χ0n) is 21.9. The Morgan fingerprint density at radius 3 is 2.85 bits per heavy atom. The second-order valence-corrected chi connectivity index (χ2v) is 12.4. The SMILES string of the molecule is C[C@]12CCC[C@@]1(C(=O)N1CCc3ncc(C(F)(F)F)cc3C1)C[C@H](C1=CC13CCOc1ccc(C#N)cc13)C2. The van der Waals surface area contributed by atoms with E-state index in [1.807, 2.05) is 12.1 Å². The number of carbonyl (C=O) groups is 1. The fourth-order valence-electron chi connectivity index (χ4n) is 8.43. The van der Waals surface area contributed by atoms with Crippen molar-refractivity contribution in [3.05, 3.63) is 70.1 Å². The first kappa shape index (κ1) is 24.7. The van der Waals surface area contributed by atoms with E-state index in [2.05, 4.69) is 24.1 Å². The average molecular weight is 534 g/mol. The molecule has 1 amide bonds. The second-order valence-electron chi connectivity index (χ2n) is 12.4. The smallest absolute Gasteiger partial charge is 0.417 e. The fourth-order valence-corrected chi connectivity index (χ4v) is 8.43. The van der Waals surface area contributed by atoms with Gasteiger partial charge in [-0.2, -0.15) is 18.4 Å². The summed E-state index contributed by atoms with van der Waals surface area (Å²) in [4.78, 5) is 20.2. The largest absolute Gasteiger partial charge is 0.493 e. The van der Waals surface area contributed by atoms with Gasteiger partial charge < -0.3 is 9.64 Å². The van der Waals surface area contributed by atoms with Gasteiger partial charge in [0.25, 0.3) is 0 Å². The lowest BCUT2D eigenvalue weighted by atomic mass is 9.68. The molecule has 3 heterocycles. The van der Waals surface area contributed by atoms with Gasteiger partial charge in [0.15, 0.2) is 0 Å². The number of benzene rings is 1. The van der Waals surface area contributed by atoms with Crippen LogP contribution in [0.1, 0.15) is 73.4 Å². The van der Waals surface area contributed by atoms with Crippen LogP contribution < -0.4 is 4.74 Å². The predicted octanol–water partition coefficient (Wildman–Crippen LogP) is 6.10. The molecule has 1 spiro atoms. The Morgan fingerprint density at radius 1 is 1.21 bits per heavy atom. The molecular weight excluding hydrogens is 503 g/mol. The van der Waals surface area contributed by atoms with Crippen LogP contribution in [0.25, 0.3) is 0 Å². The molecule has 1 unspecified atom stereocenters. The molecule has 7 rings (SSSR count). The monoisotopic (exact) mass is 533 g/mol. The van der Waals surface area contributed by atoms with Gasteiger partial charge in [-0.3, -0.25) is 9.78 Å².